The molecular weight excluding hydrogens is 344 g/mol. The Hall–Kier alpha value is -2.67. The van der Waals surface area contributed by atoms with E-state index in [1.807, 2.05) is 20.8 Å². The van der Waals surface area contributed by atoms with Gasteiger partial charge in [-0.25, -0.2) is 14.8 Å². The van der Waals surface area contributed by atoms with Crippen LogP contribution in [-0.4, -0.2) is 34.5 Å². The molecule has 7 nitrogen and oxygen atoms in total. The molecule has 0 saturated carbocycles. The standard InChI is InChI=1S/C17H19ClN4O3/c1-17(2,3)22-16-19-8-7-12(21-16)14(23)20-13-9-10(15(24)25-4)5-6-11(13)18/h5-9H,1-4H3,(H,20,23)(H,19,21,22). The highest BCUT2D eigenvalue weighted by Gasteiger charge is 2.16. The van der Waals surface area contributed by atoms with Crippen LogP contribution in [0.15, 0.2) is 30.5 Å². The highest BCUT2D eigenvalue weighted by Crippen LogP contribution is 2.24. The number of carbonyl (C=O) groups is 2. The first-order chi connectivity index (χ1) is 11.7. The number of amides is 1. The second-order valence-electron chi connectivity index (χ2n) is 6.28. The van der Waals surface area contributed by atoms with Crippen molar-refractivity contribution >= 4 is 35.1 Å². The van der Waals surface area contributed by atoms with Gasteiger partial charge in [-0.05, 0) is 45.0 Å². The number of hydrogen-bond acceptors (Lipinski definition) is 6. The van der Waals surface area contributed by atoms with E-state index in [0.717, 1.165) is 0 Å². The van der Waals surface area contributed by atoms with Crippen molar-refractivity contribution in [3.8, 4) is 0 Å². The first kappa shape index (κ1) is 18.7. The van der Waals surface area contributed by atoms with Crippen molar-refractivity contribution in [2.24, 2.45) is 0 Å². The molecule has 0 fully saturated rings. The van der Waals surface area contributed by atoms with Gasteiger partial charge in [0.1, 0.15) is 5.69 Å². The van der Waals surface area contributed by atoms with Crippen LogP contribution in [0.25, 0.3) is 0 Å². The summed E-state index contributed by atoms with van der Waals surface area (Å²) in [6.45, 7) is 5.88. The molecule has 0 spiro atoms. The van der Waals surface area contributed by atoms with E-state index >= 15 is 0 Å². The highest BCUT2D eigenvalue weighted by molar-refractivity contribution is 6.34. The summed E-state index contributed by atoms with van der Waals surface area (Å²) in [5, 5.41) is 6.03. The maximum atomic E-state index is 12.4. The van der Waals surface area contributed by atoms with Crippen molar-refractivity contribution in [3.63, 3.8) is 0 Å². The monoisotopic (exact) mass is 362 g/mol. The summed E-state index contributed by atoms with van der Waals surface area (Å²) in [4.78, 5) is 32.3. The quantitative estimate of drug-likeness (QED) is 0.810. The van der Waals surface area contributed by atoms with E-state index in [0.29, 0.717) is 16.7 Å². The van der Waals surface area contributed by atoms with Crippen LogP contribution in [0.3, 0.4) is 0 Å². The number of rotatable bonds is 4. The summed E-state index contributed by atoms with van der Waals surface area (Å²) < 4.78 is 4.66. The van der Waals surface area contributed by atoms with E-state index in [2.05, 4.69) is 25.3 Å². The molecule has 25 heavy (non-hydrogen) atoms. The molecule has 0 aliphatic heterocycles. The van der Waals surface area contributed by atoms with Crippen molar-refractivity contribution in [2.75, 3.05) is 17.7 Å². The smallest absolute Gasteiger partial charge is 0.337 e. The Morgan fingerprint density at radius 2 is 1.92 bits per heavy atom. The third-order valence-corrected chi connectivity index (χ3v) is 3.34. The molecule has 1 aromatic carbocycles. The van der Waals surface area contributed by atoms with Crippen LogP contribution in [0.4, 0.5) is 11.6 Å². The lowest BCUT2D eigenvalue weighted by molar-refractivity contribution is 0.0600. The first-order valence-corrected chi connectivity index (χ1v) is 7.88. The molecule has 0 saturated heterocycles. The van der Waals surface area contributed by atoms with Crippen molar-refractivity contribution in [1.82, 2.24) is 9.97 Å². The fraction of sp³-hybridized carbons (Fsp3) is 0.294. The van der Waals surface area contributed by atoms with Gasteiger partial charge < -0.3 is 15.4 Å². The van der Waals surface area contributed by atoms with Crippen LogP contribution in [-0.2, 0) is 4.74 Å². The van der Waals surface area contributed by atoms with Gasteiger partial charge in [0.2, 0.25) is 5.95 Å². The second kappa shape index (κ2) is 7.48. The van der Waals surface area contributed by atoms with E-state index < -0.39 is 11.9 Å². The van der Waals surface area contributed by atoms with Crippen LogP contribution < -0.4 is 10.6 Å². The molecule has 2 aromatic rings. The summed E-state index contributed by atoms with van der Waals surface area (Å²) >= 11 is 6.08. The lowest BCUT2D eigenvalue weighted by Crippen LogP contribution is -2.28. The van der Waals surface area contributed by atoms with E-state index in [1.54, 1.807) is 0 Å². The zero-order chi connectivity index (χ0) is 18.6. The zero-order valence-electron chi connectivity index (χ0n) is 14.4. The normalized spacial score (nSPS) is 10.9. The maximum absolute atomic E-state index is 12.4. The van der Waals surface area contributed by atoms with Crippen LogP contribution in [0.5, 0.6) is 0 Å². The van der Waals surface area contributed by atoms with Crippen molar-refractivity contribution in [2.45, 2.75) is 26.3 Å². The van der Waals surface area contributed by atoms with Gasteiger partial charge in [0.05, 0.1) is 23.4 Å². The molecular formula is C17H19ClN4O3. The average Bonchev–Trinajstić information content (AvgIpc) is 2.54. The van der Waals surface area contributed by atoms with Gasteiger partial charge in [0.25, 0.3) is 5.91 Å². The molecule has 0 unspecified atom stereocenters. The third kappa shape index (κ3) is 5.15. The SMILES string of the molecule is COC(=O)c1ccc(Cl)c(NC(=O)c2ccnc(NC(C)(C)C)n2)c1. The molecule has 0 aliphatic carbocycles. The molecule has 132 valence electrons. The van der Waals surface area contributed by atoms with Gasteiger partial charge in [-0.2, -0.15) is 0 Å². The number of carbonyl (C=O) groups excluding carboxylic acids is 2. The summed E-state index contributed by atoms with van der Waals surface area (Å²) in [5.41, 5.74) is 0.493. The van der Waals surface area contributed by atoms with Crippen LogP contribution >= 0.6 is 11.6 Å². The molecule has 0 bridgehead atoms. The molecule has 0 atom stereocenters. The fourth-order valence-electron chi connectivity index (χ4n) is 1.93. The van der Waals surface area contributed by atoms with Gasteiger partial charge in [-0.3, -0.25) is 4.79 Å². The first-order valence-electron chi connectivity index (χ1n) is 7.50. The van der Waals surface area contributed by atoms with Crippen LogP contribution in [0.2, 0.25) is 5.02 Å². The van der Waals surface area contributed by atoms with E-state index in [4.69, 9.17) is 11.6 Å². The predicted octanol–water partition coefficient (Wildman–Crippen LogP) is 3.38. The number of anilines is 2. The second-order valence-corrected chi connectivity index (χ2v) is 6.69. The number of nitrogens with one attached hydrogen (secondary N) is 2. The van der Waals surface area contributed by atoms with Crippen LogP contribution in [0, 0.1) is 0 Å². The van der Waals surface area contributed by atoms with Crippen molar-refractivity contribution in [1.29, 1.82) is 0 Å². The average molecular weight is 363 g/mol. The summed E-state index contributed by atoms with van der Waals surface area (Å²) in [6.07, 6.45) is 1.49. The number of benzene rings is 1. The number of halogens is 1. The highest BCUT2D eigenvalue weighted by atomic mass is 35.5. The number of nitrogens with zero attached hydrogens (tertiary/aromatic N) is 2. The lowest BCUT2D eigenvalue weighted by Gasteiger charge is -2.20. The van der Waals surface area contributed by atoms with E-state index in [1.165, 1.54) is 37.6 Å². The minimum absolute atomic E-state index is 0.168. The van der Waals surface area contributed by atoms with E-state index in [-0.39, 0.29) is 16.8 Å². The van der Waals surface area contributed by atoms with Gasteiger partial charge >= 0.3 is 5.97 Å². The molecule has 1 aromatic heterocycles. The number of hydrogen-bond donors (Lipinski definition) is 2. The molecule has 0 radical (unpaired) electrons. The van der Waals surface area contributed by atoms with Crippen molar-refractivity contribution < 1.29 is 14.3 Å². The van der Waals surface area contributed by atoms with Crippen molar-refractivity contribution in [3.05, 3.63) is 46.7 Å². The Morgan fingerprint density at radius 1 is 1.20 bits per heavy atom. The number of esters is 1. The summed E-state index contributed by atoms with van der Waals surface area (Å²) in [6, 6.07) is 5.96. The Bertz CT molecular complexity index is 803. The Kier molecular flexibility index (Phi) is 5.58. The largest absolute Gasteiger partial charge is 0.465 e. The molecule has 8 heteroatoms. The minimum Gasteiger partial charge on any atom is -0.465 e. The topological polar surface area (TPSA) is 93.2 Å². The van der Waals surface area contributed by atoms with Gasteiger partial charge in [0.15, 0.2) is 0 Å². The summed E-state index contributed by atoms with van der Waals surface area (Å²) in [7, 11) is 1.28. The van der Waals surface area contributed by atoms with Gasteiger partial charge in [0, 0.05) is 11.7 Å². The van der Waals surface area contributed by atoms with Crippen LogP contribution in [0.1, 0.15) is 41.6 Å². The zero-order valence-corrected chi connectivity index (χ0v) is 15.1. The molecule has 2 rings (SSSR count). The molecule has 2 N–H and O–H groups in total. The number of ether oxygens (including phenoxy) is 1. The molecule has 1 amide bonds. The number of methoxy groups -OCH3 is 1. The lowest BCUT2D eigenvalue weighted by atomic mass is 10.1. The third-order valence-electron chi connectivity index (χ3n) is 3.01. The summed E-state index contributed by atoms with van der Waals surface area (Å²) in [5.74, 6) is -0.649. The van der Waals surface area contributed by atoms with Gasteiger partial charge in [-0.1, -0.05) is 11.6 Å². The molecule has 1 heterocycles. The fourth-order valence-corrected chi connectivity index (χ4v) is 2.10. The minimum atomic E-state index is -0.522. The van der Waals surface area contributed by atoms with Gasteiger partial charge in [-0.15, -0.1) is 0 Å². The Labute approximate surface area is 150 Å². The number of aromatic nitrogens is 2. The van der Waals surface area contributed by atoms with E-state index in [9.17, 15) is 9.59 Å². The Balaban J connectivity index is 2.22. The Morgan fingerprint density at radius 3 is 2.56 bits per heavy atom. The molecule has 0 aliphatic rings. The maximum Gasteiger partial charge on any atom is 0.337 e. The predicted molar refractivity (Wildman–Crippen MR) is 96.2 cm³/mol.